The summed E-state index contributed by atoms with van der Waals surface area (Å²) in [6.45, 7) is 2.81. The number of nitrogens with two attached hydrogens (primary N) is 1. The minimum atomic E-state index is -0.0927. The van der Waals surface area contributed by atoms with E-state index in [4.69, 9.17) is 10.6 Å². The van der Waals surface area contributed by atoms with Crippen LogP contribution in [0.2, 0.25) is 0 Å². The molecule has 2 rings (SSSR count). The summed E-state index contributed by atoms with van der Waals surface area (Å²) in [5.74, 6) is 5.73. The number of rotatable bonds is 5. The topological polar surface area (TPSA) is 47.3 Å². The van der Waals surface area contributed by atoms with E-state index in [1.165, 1.54) is 18.4 Å². The van der Waals surface area contributed by atoms with Gasteiger partial charge in [-0.05, 0) is 42.2 Å². The number of hydrazine groups is 1. The van der Waals surface area contributed by atoms with Crippen molar-refractivity contribution >= 4 is 11.3 Å². The van der Waals surface area contributed by atoms with Gasteiger partial charge >= 0.3 is 0 Å². The molecule has 0 radical (unpaired) electrons. The van der Waals surface area contributed by atoms with Crippen molar-refractivity contribution < 1.29 is 4.74 Å². The predicted molar refractivity (Wildman–Crippen MR) is 67.2 cm³/mol. The van der Waals surface area contributed by atoms with Crippen molar-refractivity contribution in [2.75, 3.05) is 6.61 Å². The quantitative estimate of drug-likeness (QED) is 0.614. The van der Waals surface area contributed by atoms with E-state index in [9.17, 15) is 0 Å². The lowest BCUT2D eigenvalue weighted by Gasteiger charge is -2.36. The molecule has 0 aromatic carbocycles. The van der Waals surface area contributed by atoms with Crippen molar-refractivity contribution in [3.05, 3.63) is 22.4 Å². The van der Waals surface area contributed by atoms with E-state index < -0.39 is 0 Å². The SMILES string of the molecule is CCOC1(C(NN)c2ccsc2)CCCC1. The van der Waals surface area contributed by atoms with Crippen LogP contribution in [0.15, 0.2) is 16.8 Å². The zero-order valence-corrected chi connectivity index (χ0v) is 10.6. The molecule has 1 aliphatic carbocycles. The Labute approximate surface area is 101 Å². The van der Waals surface area contributed by atoms with Crippen LogP contribution in [0.25, 0.3) is 0 Å². The standard InChI is InChI=1S/C12H20N2OS/c1-2-15-12(6-3-4-7-12)11(14-13)10-5-8-16-9-10/h5,8-9,11,14H,2-4,6-7,13H2,1H3. The van der Waals surface area contributed by atoms with Crippen molar-refractivity contribution in [2.24, 2.45) is 5.84 Å². The third-order valence-corrected chi connectivity index (χ3v) is 4.15. The molecule has 1 heterocycles. The molecule has 1 atom stereocenters. The summed E-state index contributed by atoms with van der Waals surface area (Å²) in [7, 11) is 0. The third kappa shape index (κ3) is 2.15. The monoisotopic (exact) mass is 240 g/mol. The van der Waals surface area contributed by atoms with Crippen LogP contribution in [0.1, 0.15) is 44.2 Å². The molecule has 16 heavy (non-hydrogen) atoms. The molecule has 1 saturated carbocycles. The fraction of sp³-hybridized carbons (Fsp3) is 0.667. The van der Waals surface area contributed by atoms with Gasteiger partial charge in [-0.1, -0.05) is 12.8 Å². The second-order valence-electron chi connectivity index (χ2n) is 4.36. The van der Waals surface area contributed by atoms with E-state index in [1.54, 1.807) is 11.3 Å². The maximum absolute atomic E-state index is 6.03. The minimum absolute atomic E-state index is 0.0927. The van der Waals surface area contributed by atoms with Crippen LogP contribution in [-0.4, -0.2) is 12.2 Å². The number of hydrogen-bond acceptors (Lipinski definition) is 4. The Bertz CT molecular complexity index is 307. The Morgan fingerprint density at radius 2 is 2.31 bits per heavy atom. The van der Waals surface area contributed by atoms with Crippen LogP contribution in [-0.2, 0) is 4.74 Å². The number of ether oxygens (including phenoxy) is 1. The highest BCUT2D eigenvalue weighted by molar-refractivity contribution is 7.07. The Morgan fingerprint density at radius 3 is 2.81 bits per heavy atom. The lowest BCUT2D eigenvalue weighted by Crippen LogP contribution is -2.46. The molecular weight excluding hydrogens is 220 g/mol. The summed E-state index contributed by atoms with van der Waals surface area (Å²) in [6.07, 6.45) is 4.68. The van der Waals surface area contributed by atoms with Crippen molar-refractivity contribution in [3.63, 3.8) is 0 Å². The van der Waals surface area contributed by atoms with Gasteiger partial charge in [0.1, 0.15) is 0 Å². The van der Waals surface area contributed by atoms with Gasteiger partial charge in [-0.3, -0.25) is 11.3 Å². The van der Waals surface area contributed by atoms with Crippen molar-refractivity contribution in [1.29, 1.82) is 0 Å². The average Bonchev–Trinajstić information content (AvgIpc) is 2.92. The Morgan fingerprint density at radius 1 is 1.56 bits per heavy atom. The largest absolute Gasteiger partial charge is 0.373 e. The van der Waals surface area contributed by atoms with Gasteiger partial charge in [0.05, 0.1) is 11.6 Å². The molecule has 0 aliphatic heterocycles. The summed E-state index contributed by atoms with van der Waals surface area (Å²) in [4.78, 5) is 0. The predicted octanol–water partition coefficient (Wildman–Crippen LogP) is 2.60. The fourth-order valence-corrected chi connectivity index (χ4v) is 3.45. The van der Waals surface area contributed by atoms with Gasteiger partial charge in [-0.15, -0.1) is 0 Å². The summed E-state index contributed by atoms with van der Waals surface area (Å²) in [5.41, 5.74) is 4.11. The van der Waals surface area contributed by atoms with Gasteiger partial charge in [0, 0.05) is 6.61 Å². The minimum Gasteiger partial charge on any atom is -0.373 e. The second-order valence-corrected chi connectivity index (χ2v) is 5.14. The summed E-state index contributed by atoms with van der Waals surface area (Å²) >= 11 is 1.71. The fourth-order valence-electron chi connectivity index (χ4n) is 2.77. The number of nitrogens with one attached hydrogen (secondary N) is 1. The molecule has 3 N–H and O–H groups in total. The summed E-state index contributed by atoms with van der Waals surface area (Å²) < 4.78 is 6.03. The zero-order chi connectivity index (χ0) is 11.4. The molecule has 1 fully saturated rings. The Balaban J connectivity index is 2.23. The van der Waals surface area contributed by atoms with Crippen molar-refractivity contribution in [3.8, 4) is 0 Å². The van der Waals surface area contributed by atoms with Crippen LogP contribution in [0.5, 0.6) is 0 Å². The first-order valence-corrected chi connectivity index (χ1v) is 6.89. The third-order valence-electron chi connectivity index (χ3n) is 3.45. The van der Waals surface area contributed by atoms with E-state index in [-0.39, 0.29) is 11.6 Å². The maximum atomic E-state index is 6.03. The molecule has 0 saturated heterocycles. The van der Waals surface area contributed by atoms with Gasteiger partial charge < -0.3 is 4.74 Å². The van der Waals surface area contributed by atoms with Crippen LogP contribution in [0.4, 0.5) is 0 Å². The molecule has 1 aromatic heterocycles. The van der Waals surface area contributed by atoms with Gasteiger partial charge in [0.15, 0.2) is 0 Å². The molecule has 4 heteroatoms. The van der Waals surface area contributed by atoms with E-state index >= 15 is 0 Å². The highest BCUT2D eigenvalue weighted by Crippen LogP contribution is 2.43. The van der Waals surface area contributed by atoms with E-state index in [0.717, 1.165) is 19.4 Å². The van der Waals surface area contributed by atoms with Crippen LogP contribution in [0, 0.1) is 0 Å². The first-order valence-electron chi connectivity index (χ1n) is 5.94. The van der Waals surface area contributed by atoms with Crippen molar-refractivity contribution in [2.45, 2.75) is 44.2 Å². The van der Waals surface area contributed by atoms with E-state index in [0.29, 0.717) is 0 Å². The molecule has 0 bridgehead atoms. The van der Waals surface area contributed by atoms with Gasteiger partial charge in [0.2, 0.25) is 0 Å². The van der Waals surface area contributed by atoms with Crippen LogP contribution < -0.4 is 11.3 Å². The first-order chi connectivity index (χ1) is 7.82. The van der Waals surface area contributed by atoms with Gasteiger partial charge in [0.25, 0.3) is 0 Å². The Hall–Kier alpha value is -0.420. The molecule has 90 valence electrons. The molecule has 3 nitrogen and oxygen atoms in total. The molecule has 1 unspecified atom stereocenters. The van der Waals surface area contributed by atoms with E-state index in [2.05, 4.69) is 29.2 Å². The van der Waals surface area contributed by atoms with Gasteiger partial charge in [-0.25, -0.2) is 0 Å². The second kappa shape index (κ2) is 5.27. The average molecular weight is 240 g/mol. The maximum Gasteiger partial charge on any atom is 0.0889 e. The lowest BCUT2D eigenvalue weighted by atomic mass is 9.88. The van der Waals surface area contributed by atoms with Crippen molar-refractivity contribution in [1.82, 2.24) is 5.43 Å². The van der Waals surface area contributed by atoms with Gasteiger partial charge in [-0.2, -0.15) is 11.3 Å². The first kappa shape index (κ1) is 12.0. The zero-order valence-electron chi connectivity index (χ0n) is 9.74. The Kier molecular flexibility index (Phi) is 3.97. The highest BCUT2D eigenvalue weighted by Gasteiger charge is 2.42. The van der Waals surface area contributed by atoms with Crippen LogP contribution in [0.3, 0.4) is 0 Å². The molecule has 0 amide bonds. The molecular formula is C12H20N2OS. The summed E-state index contributed by atoms with van der Waals surface area (Å²) in [6, 6.07) is 2.26. The number of thiophene rings is 1. The molecule has 1 aliphatic rings. The van der Waals surface area contributed by atoms with E-state index in [1.807, 2.05) is 0 Å². The van der Waals surface area contributed by atoms with Crippen LogP contribution >= 0.6 is 11.3 Å². The summed E-state index contributed by atoms with van der Waals surface area (Å²) in [5, 5.41) is 4.25. The lowest BCUT2D eigenvalue weighted by molar-refractivity contribution is -0.0626. The number of hydrogen-bond donors (Lipinski definition) is 2. The molecule has 1 aromatic rings. The smallest absolute Gasteiger partial charge is 0.0889 e. The highest BCUT2D eigenvalue weighted by atomic mass is 32.1. The molecule has 0 spiro atoms. The normalized spacial score (nSPS) is 21.1.